The first-order valence-corrected chi connectivity index (χ1v) is 7.23. The van der Waals surface area contributed by atoms with E-state index in [1.165, 1.54) is 11.1 Å². The standard InChI is InChI=1S/C18H23NO/c1-16(19-14-17-8-4-2-5-9-17)12-13-20-15-18-10-6-3-7-11-18/h2-11,16,19H,12-15H2,1H3. The second-order valence-corrected chi connectivity index (χ2v) is 5.09. The monoisotopic (exact) mass is 269 g/mol. The highest BCUT2D eigenvalue weighted by Gasteiger charge is 2.01. The molecule has 0 aliphatic carbocycles. The number of benzene rings is 2. The van der Waals surface area contributed by atoms with Crippen LogP contribution in [0.2, 0.25) is 0 Å². The van der Waals surface area contributed by atoms with Gasteiger partial charge in [-0.1, -0.05) is 60.7 Å². The molecule has 2 heteroatoms. The normalized spacial score (nSPS) is 12.2. The van der Waals surface area contributed by atoms with E-state index in [0.29, 0.717) is 12.6 Å². The highest BCUT2D eigenvalue weighted by Crippen LogP contribution is 2.03. The van der Waals surface area contributed by atoms with Crippen LogP contribution >= 0.6 is 0 Å². The Balaban J connectivity index is 1.57. The maximum Gasteiger partial charge on any atom is 0.0716 e. The summed E-state index contributed by atoms with van der Waals surface area (Å²) >= 11 is 0. The summed E-state index contributed by atoms with van der Waals surface area (Å²) in [5, 5.41) is 3.52. The lowest BCUT2D eigenvalue weighted by Gasteiger charge is -2.14. The van der Waals surface area contributed by atoms with E-state index in [-0.39, 0.29) is 0 Å². The molecular formula is C18H23NO. The minimum Gasteiger partial charge on any atom is -0.377 e. The molecule has 1 unspecified atom stereocenters. The van der Waals surface area contributed by atoms with E-state index in [0.717, 1.165) is 19.6 Å². The Morgan fingerprint density at radius 1 is 0.900 bits per heavy atom. The van der Waals surface area contributed by atoms with Crippen molar-refractivity contribution in [1.82, 2.24) is 5.32 Å². The summed E-state index contributed by atoms with van der Waals surface area (Å²) in [6.07, 6.45) is 1.03. The maximum absolute atomic E-state index is 5.70. The molecule has 0 saturated carbocycles. The number of hydrogen-bond acceptors (Lipinski definition) is 2. The molecule has 1 N–H and O–H groups in total. The third kappa shape index (κ3) is 5.55. The molecule has 0 fully saturated rings. The van der Waals surface area contributed by atoms with Crippen LogP contribution in [-0.4, -0.2) is 12.6 Å². The van der Waals surface area contributed by atoms with Gasteiger partial charge in [-0.15, -0.1) is 0 Å². The van der Waals surface area contributed by atoms with Crippen molar-refractivity contribution in [3.8, 4) is 0 Å². The van der Waals surface area contributed by atoms with E-state index in [1.807, 2.05) is 24.3 Å². The zero-order valence-corrected chi connectivity index (χ0v) is 12.1. The molecule has 0 spiro atoms. The van der Waals surface area contributed by atoms with Crippen LogP contribution in [0.25, 0.3) is 0 Å². The Hall–Kier alpha value is -1.64. The quantitative estimate of drug-likeness (QED) is 0.737. The molecule has 0 aliphatic heterocycles. The first-order valence-electron chi connectivity index (χ1n) is 7.23. The first-order chi connectivity index (χ1) is 9.84. The van der Waals surface area contributed by atoms with E-state index in [9.17, 15) is 0 Å². The van der Waals surface area contributed by atoms with Gasteiger partial charge in [0.1, 0.15) is 0 Å². The van der Waals surface area contributed by atoms with Crippen LogP contribution in [0.15, 0.2) is 60.7 Å². The highest BCUT2D eigenvalue weighted by molar-refractivity contribution is 5.14. The first kappa shape index (κ1) is 14.8. The van der Waals surface area contributed by atoms with Crippen LogP contribution in [-0.2, 0) is 17.9 Å². The molecule has 0 radical (unpaired) electrons. The van der Waals surface area contributed by atoms with Gasteiger partial charge in [0.15, 0.2) is 0 Å². The summed E-state index contributed by atoms with van der Waals surface area (Å²) in [7, 11) is 0. The predicted octanol–water partition coefficient (Wildman–Crippen LogP) is 3.77. The SMILES string of the molecule is CC(CCOCc1ccccc1)NCc1ccccc1. The molecule has 2 nitrogen and oxygen atoms in total. The van der Waals surface area contributed by atoms with Crippen LogP contribution in [0, 0.1) is 0 Å². The molecule has 2 aromatic carbocycles. The fourth-order valence-electron chi connectivity index (χ4n) is 2.01. The van der Waals surface area contributed by atoms with Gasteiger partial charge in [0.25, 0.3) is 0 Å². The summed E-state index contributed by atoms with van der Waals surface area (Å²) in [4.78, 5) is 0. The van der Waals surface area contributed by atoms with Crippen LogP contribution < -0.4 is 5.32 Å². The molecule has 0 aromatic heterocycles. The van der Waals surface area contributed by atoms with Crippen molar-refractivity contribution in [2.45, 2.75) is 32.5 Å². The molecule has 106 valence electrons. The molecule has 0 heterocycles. The van der Waals surface area contributed by atoms with Crippen molar-refractivity contribution < 1.29 is 4.74 Å². The van der Waals surface area contributed by atoms with Gasteiger partial charge in [-0.05, 0) is 24.5 Å². The third-order valence-electron chi connectivity index (χ3n) is 3.30. The second-order valence-electron chi connectivity index (χ2n) is 5.09. The van der Waals surface area contributed by atoms with E-state index in [1.54, 1.807) is 0 Å². The smallest absolute Gasteiger partial charge is 0.0716 e. The lowest BCUT2D eigenvalue weighted by atomic mass is 10.2. The van der Waals surface area contributed by atoms with Gasteiger partial charge in [0, 0.05) is 19.2 Å². The molecule has 2 rings (SSSR count). The fraction of sp³-hybridized carbons (Fsp3) is 0.333. The van der Waals surface area contributed by atoms with Gasteiger partial charge in [-0.2, -0.15) is 0 Å². The lowest BCUT2D eigenvalue weighted by Crippen LogP contribution is -2.26. The van der Waals surface area contributed by atoms with Gasteiger partial charge >= 0.3 is 0 Å². The van der Waals surface area contributed by atoms with E-state index >= 15 is 0 Å². The average Bonchev–Trinajstić information content (AvgIpc) is 2.52. The Morgan fingerprint density at radius 3 is 2.15 bits per heavy atom. The number of nitrogens with one attached hydrogen (secondary N) is 1. The zero-order chi connectivity index (χ0) is 14.0. The Bertz CT molecular complexity index is 469. The van der Waals surface area contributed by atoms with E-state index in [2.05, 4.69) is 48.6 Å². The van der Waals surface area contributed by atoms with Crippen LogP contribution in [0.3, 0.4) is 0 Å². The van der Waals surface area contributed by atoms with Crippen molar-refractivity contribution in [3.05, 3.63) is 71.8 Å². The number of hydrogen-bond donors (Lipinski definition) is 1. The largest absolute Gasteiger partial charge is 0.377 e. The maximum atomic E-state index is 5.70. The Labute approximate surface area is 121 Å². The van der Waals surface area contributed by atoms with Gasteiger partial charge in [-0.3, -0.25) is 0 Å². The van der Waals surface area contributed by atoms with Crippen LogP contribution in [0.5, 0.6) is 0 Å². The van der Waals surface area contributed by atoms with Crippen LogP contribution in [0.4, 0.5) is 0 Å². The highest BCUT2D eigenvalue weighted by atomic mass is 16.5. The Kier molecular flexibility index (Phi) is 6.28. The summed E-state index contributed by atoms with van der Waals surface area (Å²) in [6, 6.07) is 21.3. The van der Waals surface area contributed by atoms with E-state index < -0.39 is 0 Å². The van der Waals surface area contributed by atoms with Gasteiger partial charge in [-0.25, -0.2) is 0 Å². The molecular weight excluding hydrogens is 246 g/mol. The van der Waals surface area contributed by atoms with Crippen LogP contribution in [0.1, 0.15) is 24.5 Å². The molecule has 20 heavy (non-hydrogen) atoms. The van der Waals surface area contributed by atoms with Gasteiger partial charge < -0.3 is 10.1 Å². The minimum absolute atomic E-state index is 0.464. The van der Waals surface area contributed by atoms with Crippen molar-refractivity contribution >= 4 is 0 Å². The minimum atomic E-state index is 0.464. The van der Waals surface area contributed by atoms with E-state index in [4.69, 9.17) is 4.74 Å². The van der Waals surface area contributed by atoms with Gasteiger partial charge in [0.2, 0.25) is 0 Å². The number of rotatable bonds is 8. The molecule has 2 aromatic rings. The van der Waals surface area contributed by atoms with Crippen molar-refractivity contribution in [2.24, 2.45) is 0 Å². The molecule has 0 bridgehead atoms. The van der Waals surface area contributed by atoms with Crippen molar-refractivity contribution in [2.75, 3.05) is 6.61 Å². The summed E-state index contributed by atoms with van der Waals surface area (Å²) in [5.74, 6) is 0. The lowest BCUT2D eigenvalue weighted by molar-refractivity contribution is 0.112. The molecule has 1 atom stereocenters. The molecule has 0 aliphatic rings. The number of ether oxygens (including phenoxy) is 1. The summed E-state index contributed by atoms with van der Waals surface area (Å²) < 4.78 is 5.70. The fourth-order valence-corrected chi connectivity index (χ4v) is 2.01. The zero-order valence-electron chi connectivity index (χ0n) is 12.1. The van der Waals surface area contributed by atoms with Crippen molar-refractivity contribution in [1.29, 1.82) is 0 Å². The second kappa shape index (κ2) is 8.51. The topological polar surface area (TPSA) is 21.3 Å². The third-order valence-corrected chi connectivity index (χ3v) is 3.30. The van der Waals surface area contributed by atoms with Gasteiger partial charge in [0.05, 0.1) is 6.61 Å². The molecule has 0 saturated heterocycles. The molecule has 0 amide bonds. The predicted molar refractivity (Wildman–Crippen MR) is 83.5 cm³/mol. The van der Waals surface area contributed by atoms with Crippen molar-refractivity contribution in [3.63, 3.8) is 0 Å². The Morgan fingerprint density at radius 2 is 1.50 bits per heavy atom. The average molecular weight is 269 g/mol. The summed E-state index contributed by atoms with van der Waals surface area (Å²) in [5.41, 5.74) is 2.56. The summed E-state index contributed by atoms with van der Waals surface area (Å²) in [6.45, 7) is 4.61.